The minimum absolute atomic E-state index is 0.0469. The van der Waals surface area contributed by atoms with E-state index in [0.29, 0.717) is 39.3 Å². The van der Waals surface area contributed by atoms with Gasteiger partial charge in [0.2, 0.25) is 5.43 Å². The van der Waals surface area contributed by atoms with Gasteiger partial charge in [0.1, 0.15) is 16.9 Å². The Morgan fingerprint density at radius 1 is 1.23 bits per heavy atom. The topological polar surface area (TPSA) is 126 Å². The molecular weight excluding hydrogens is 525 g/mol. The molecule has 0 spiro atoms. The van der Waals surface area contributed by atoms with Crippen molar-refractivity contribution in [3.63, 3.8) is 0 Å². The van der Waals surface area contributed by atoms with E-state index in [0.717, 1.165) is 6.07 Å². The molecule has 4 N–H and O–H groups in total. The van der Waals surface area contributed by atoms with Crippen molar-refractivity contribution in [2.75, 3.05) is 36.9 Å². The lowest BCUT2D eigenvalue weighted by atomic mass is 9.97. The molecule has 6 rings (SSSR count). The van der Waals surface area contributed by atoms with Gasteiger partial charge in [-0.3, -0.25) is 9.78 Å². The first-order valence-corrected chi connectivity index (χ1v) is 12.6. The number of rotatable bonds is 5. The zero-order chi connectivity index (χ0) is 28.5. The molecule has 4 heterocycles. The molecule has 12 heteroatoms. The van der Waals surface area contributed by atoms with Crippen LogP contribution in [0.2, 0.25) is 0 Å². The molecular formula is C28H25F3N6O3. The fourth-order valence-electron chi connectivity index (χ4n) is 5.83. The number of pyridine rings is 3. The Balaban J connectivity index is 1.66. The van der Waals surface area contributed by atoms with Crippen LogP contribution in [-0.4, -0.2) is 58.0 Å². The maximum absolute atomic E-state index is 15.5. The number of halogens is 3. The van der Waals surface area contributed by atoms with Crippen LogP contribution in [0.25, 0.3) is 33.3 Å². The van der Waals surface area contributed by atoms with Crippen LogP contribution in [0.5, 0.6) is 0 Å². The van der Waals surface area contributed by atoms with Gasteiger partial charge in [-0.05, 0) is 11.6 Å². The first-order chi connectivity index (χ1) is 19.1. The van der Waals surface area contributed by atoms with Gasteiger partial charge in [0.15, 0.2) is 11.6 Å². The van der Waals surface area contributed by atoms with Crippen molar-refractivity contribution < 1.29 is 23.1 Å². The number of aryl methyl sites for hydroxylation is 1. The number of carboxylic acid groups (broad SMARTS) is 1. The number of aromatic carboxylic acids is 1. The Labute approximate surface area is 226 Å². The molecule has 2 aliphatic rings. The van der Waals surface area contributed by atoms with Crippen LogP contribution in [0.15, 0.2) is 35.5 Å². The zero-order valence-corrected chi connectivity index (χ0v) is 21.7. The third-order valence-electron chi connectivity index (χ3n) is 7.86. The summed E-state index contributed by atoms with van der Waals surface area (Å²) in [5, 5.41) is 12.5. The number of alkyl halides is 1. The van der Waals surface area contributed by atoms with Crippen LogP contribution in [0, 0.1) is 11.6 Å². The largest absolute Gasteiger partial charge is 0.477 e. The number of carboxylic acids is 1. The van der Waals surface area contributed by atoms with Gasteiger partial charge in [-0.15, -0.1) is 0 Å². The summed E-state index contributed by atoms with van der Waals surface area (Å²) >= 11 is 0. The molecule has 0 radical (unpaired) electrons. The van der Waals surface area contributed by atoms with Gasteiger partial charge in [0.05, 0.1) is 23.3 Å². The van der Waals surface area contributed by atoms with Crippen molar-refractivity contribution in [3.05, 3.63) is 69.4 Å². The quantitative estimate of drug-likeness (QED) is 0.304. The van der Waals surface area contributed by atoms with E-state index in [1.165, 1.54) is 23.0 Å². The molecule has 3 aromatic heterocycles. The standard InChI is InChI=1S/C28H25F3N6O3/c1-33-19-7-18(29)23(30)21-14(19)6-20-22(21)24(37-4-3-28(31,11-32)12-37)16(9-34-20)13-5-15-25(38)17(27(39)40)10-36(2)26(15)35-8-13/h5,7-10,33H,3-4,6,11-12,32H2,1-2H3,(H,39,40). The first-order valence-electron chi connectivity index (χ1n) is 12.6. The molecule has 1 aliphatic heterocycles. The number of benzene rings is 1. The highest BCUT2D eigenvalue weighted by Crippen LogP contribution is 2.51. The monoisotopic (exact) mass is 550 g/mol. The van der Waals surface area contributed by atoms with Crippen molar-refractivity contribution in [2.45, 2.75) is 18.5 Å². The molecule has 1 unspecified atom stereocenters. The average molecular weight is 551 g/mol. The van der Waals surface area contributed by atoms with E-state index in [-0.39, 0.29) is 49.1 Å². The molecule has 1 fully saturated rings. The van der Waals surface area contributed by atoms with Gasteiger partial charge in [-0.1, -0.05) is 0 Å². The highest BCUT2D eigenvalue weighted by Gasteiger charge is 2.41. The van der Waals surface area contributed by atoms with Crippen LogP contribution in [-0.2, 0) is 13.5 Å². The van der Waals surface area contributed by atoms with Gasteiger partial charge in [0.25, 0.3) is 0 Å². The number of nitrogens with zero attached hydrogens (tertiary/aromatic N) is 4. The summed E-state index contributed by atoms with van der Waals surface area (Å²) in [7, 11) is 3.19. The maximum atomic E-state index is 15.5. The lowest BCUT2D eigenvalue weighted by Crippen LogP contribution is -2.36. The van der Waals surface area contributed by atoms with Crippen LogP contribution >= 0.6 is 0 Å². The van der Waals surface area contributed by atoms with Crippen LogP contribution in [0.4, 0.5) is 24.5 Å². The minimum atomic E-state index is -1.68. The van der Waals surface area contributed by atoms with Gasteiger partial charge in [-0.2, -0.15) is 0 Å². The molecule has 0 saturated carbocycles. The van der Waals surface area contributed by atoms with E-state index in [9.17, 15) is 19.1 Å². The molecule has 0 bridgehead atoms. The van der Waals surface area contributed by atoms with Crippen molar-refractivity contribution in [1.29, 1.82) is 0 Å². The van der Waals surface area contributed by atoms with Crippen molar-refractivity contribution in [1.82, 2.24) is 14.5 Å². The SMILES string of the molecule is CNc1cc(F)c(F)c2c1Cc1ncc(-c3cnc4c(c3)c(=O)c(C(=O)O)cn4C)c(N3CCC(F)(CN)C3)c1-2. The number of nitrogens with one attached hydrogen (secondary N) is 1. The summed E-state index contributed by atoms with van der Waals surface area (Å²) in [6.07, 6.45) is 4.61. The summed E-state index contributed by atoms with van der Waals surface area (Å²) in [4.78, 5) is 35.5. The molecule has 1 atom stereocenters. The molecule has 9 nitrogen and oxygen atoms in total. The van der Waals surface area contributed by atoms with Crippen molar-refractivity contribution in [2.24, 2.45) is 12.8 Å². The second kappa shape index (κ2) is 9.05. The highest BCUT2D eigenvalue weighted by atomic mass is 19.2. The van der Waals surface area contributed by atoms with E-state index in [1.54, 1.807) is 25.2 Å². The summed E-state index contributed by atoms with van der Waals surface area (Å²) in [5.74, 6) is -3.44. The van der Waals surface area contributed by atoms with Crippen LogP contribution in [0.1, 0.15) is 28.0 Å². The summed E-state index contributed by atoms with van der Waals surface area (Å²) in [5.41, 5.74) is 6.25. The Bertz CT molecular complexity index is 1810. The fraction of sp³-hybridized carbons (Fsp3) is 0.286. The van der Waals surface area contributed by atoms with Crippen molar-refractivity contribution >= 4 is 28.4 Å². The van der Waals surface area contributed by atoms with Gasteiger partial charge >= 0.3 is 5.97 Å². The van der Waals surface area contributed by atoms with E-state index in [2.05, 4.69) is 15.3 Å². The second-order valence-corrected chi connectivity index (χ2v) is 10.3. The highest BCUT2D eigenvalue weighted by molar-refractivity contribution is 5.98. The summed E-state index contributed by atoms with van der Waals surface area (Å²) in [6.45, 7) is -0.0284. The number of aromatic nitrogens is 3. The summed E-state index contributed by atoms with van der Waals surface area (Å²) in [6, 6.07) is 2.60. The second-order valence-electron chi connectivity index (χ2n) is 10.3. The Hall–Kier alpha value is -4.45. The third-order valence-corrected chi connectivity index (χ3v) is 7.86. The van der Waals surface area contributed by atoms with Gasteiger partial charge < -0.3 is 25.6 Å². The number of nitrogens with two attached hydrogens (primary N) is 1. The molecule has 1 aliphatic carbocycles. The van der Waals surface area contributed by atoms with E-state index in [1.807, 2.05) is 0 Å². The maximum Gasteiger partial charge on any atom is 0.341 e. The molecule has 0 amide bonds. The number of carbonyl (C=O) groups is 1. The molecule has 4 aromatic rings. The minimum Gasteiger partial charge on any atom is -0.477 e. The fourth-order valence-corrected chi connectivity index (χ4v) is 5.83. The number of anilines is 2. The average Bonchev–Trinajstić information content (AvgIpc) is 3.53. The molecule has 40 heavy (non-hydrogen) atoms. The zero-order valence-electron chi connectivity index (χ0n) is 21.7. The number of hydrogen-bond donors (Lipinski definition) is 3. The number of hydrogen-bond acceptors (Lipinski definition) is 7. The normalized spacial score (nSPS) is 17.8. The summed E-state index contributed by atoms with van der Waals surface area (Å²) < 4.78 is 47.1. The predicted octanol–water partition coefficient (Wildman–Crippen LogP) is 3.46. The predicted molar refractivity (Wildman–Crippen MR) is 145 cm³/mol. The Morgan fingerprint density at radius 2 is 2.00 bits per heavy atom. The third kappa shape index (κ3) is 3.74. The molecule has 1 aromatic carbocycles. The van der Waals surface area contributed by atoms with Gasteiger partial charge in [0, 0.05) is 92.6 Å². The van der Waals surface area contributed by atoms with E-state index < -0.39 is 34.3 Å². The van der Waals surface area contributed by atoms with Crippen LogP contribution in [0.3, 0.4) is 0 Å². The van der Waals surface area contributed by atoms with E-state index >= 15 is 8.78 Å². The first kappa shape index (κ1) is 25.8. The smallest absolute Gasteiger partial charge is 0.341 e. The lowest BCUT2D eigenvalue weighted by Gasteiger charge is -2.27. The van der Waals surface area contributed by atoms with E-state index in [4.69, 9.17) is 5.73 Å². The van der Waals surface area contributed by atoms with Gasteiger partial charge in [-0.25, -0.2) is 22.9 Å². The lowest BCUT2D eigenvalue weighted by molar-refractivity contribution is 0.0695. The Morgan fingerprint density at radius 3 is 2.67 bits per heavy atom. The van der Waals surface area contributed by atoms with Crippen molar-refractivity contribution in [3.8, 4) is 22.3 Å². The number of fused-ring (bicyclic) bond motifs is 4. The Kier molecular flexibility index (Phi) is 5.84. The molecule has 206 valence electrons. The molecule has 1 saturated heterocycles. The van der Waals surface area contributed by atoms with Crippen LogP contribution < -0.4 is 21.4 Å².